The number of aliphatic hydroxyl groups is 1. The Morgan fingerprint density at radius 1 is 1.28 bits per heavy atom. The molecule has 18 heavy (non-hydrogen) atoms. The fourth-order valence-electron chi connectivity index (χ4n) is 2.08. The molecule has 0 radical (unpaired) electrons. The second-order valence-electron chi connectivity index (χ2n) is 5.54. The molecule has 1 atom stereocenters. The highest BCUT2D eigenvalue weighted by Gasteiger charge is 2.22. The fraction of sp³-hybridized carbons (Fsp3) is 0.615. The van der Waals surface area contributed by atoms with Crippen LogP contribution in [0.3, 0.4) is 0 Å². The number of rotatable bonds is 3. The van der Waals surface area contributed by atoms with Crippen LogP contribution in [0.4, 0.5) is 0 Å². The zero-order chi connectivity index (χ0) is 13.3. The molecule has 0 aliphatic carbocycles. The van der Waals surface area contributed by atoms with Crippen LogP contribution in [0, 0.1) is 0 Å². The maximum atomic E-state index is 9.39. The van der Waals surface area contributed by atoms with E-state index in [1.54, 1.807) is 12.7 Å². The highest BCUT2D eigenvalue weighted by Crippen LogP contribution is 2.27. The molecule has 2 aromatic rings. The lowest BCUT2D eigenvalue weighted by molar-refractivity contribution is 0.226. The van der Waals surface area contributed by atoms with Crippen LogP contribution in [0.1, 0.15) is 45.9 Å². The lowest BCUT2D eigenvalue weighted by Gasteiger charge is -2.18. The van der Waals surface area contributed by atoms with E-state index in [1.165, 1.54) is 0 Å². The van der Waals surface area contributed by atoms with Gasteiger partial charge in [-0.3, -0.25) is 0 Å². The van der Waals surface area contributed by atoms with Gasteiger partial charge in [0.2, 0.25) is 0 Å². The Morgan fingerprint density at radius 2 is 2.00 bits per heavy atom. The Kier molecular flexibility index (Phi) is 3.34. The Balaban J connectivity index is 2.62. The van der Waals surface area contributed by atoms with E-state index in [-0.39, 0.29) is 18.1 Å². The normalized spacial score (nSPS) is 14.1. The van der Waals surface area contributed by atoms with Crippen LogP contribution in [-0.2, 0) is 5.41 Å². The van der Waals surface area contributed by atoms with Gasteiger partial charge >= 0.3 is 0 Å². The molecule has 2 rings (SSSR count). The molecule has 1 N–H and O–H groups in total. The van der Waals surface area contributed by atoms with Crippen molar-refractivity contribution in [3.63, 3.8) is 0 Å². The number of fused-ring (bicyclic) bond motifs is 1. The smallest absolute Gasteiger partial charge is 0.163 e. The molecule has 0 aromatic carbocycles. The van der Waals surface area contributed by atoms with Crippen LogP contribution in [0.25, 0.3) is 11.2 Å². The summed E-state index contributed by atoms with van der Waals surface area (Å²) in [5.41, 5.74) is 2.51. The van der Waals surface area contributed by atoms with Gasteiger partial charge in [-0.25, -0.2) is 15.0 Å². The number of aliphatic hydroxyl groups excluding tert-OH is 1. The third kappa shape index (κ3) is 2.10. The first kappa shape index (κ1) is 13.0. The van der Waals surface area contributed by atoms with Gasteiger partial charge in [0.1, 0.15) is 11.8 Å². The predicted octanol–water partition coefficient (Wildman–Crippen LogP) is 2.07. The van der Waals surface area contributed by atoms with Gasteiger partial charge in [-0.2, -0.15) is 0 Å². The number of hydrogen-bond acceptors (Lipinski definition) is 4. The third-order valence-electron chi connectivity index (χ3n) is 3.14. The van der Waals surface area contributed by atoms with Crippen LogP contribution in [0.15, 0.2) is 12.7 Å². The first-order chi connectivity index (χ1) is 8.49. The van der Waals surface area contributed by atoms with Crippen molar-refractivity contribution >= 4 is 11.2 Å². The van der Waals surface area contributed by atoms with Crippen LogP contribution >= 0.6 is 0 Å². The molecule has 0 aliphatic rings. The van der Waals surface area contributed by atoms with E-state index >= 15 is 0 Å². The topological polar surface area (TPSA) is 63.8 Å². The van der Waals surface area contributed by atoms with Crippen LogP contribution in [0.2, 0.25) is 0 Å². The molecular weight excluding hydrogens is 228 g/mol. The van der Waals surface area contributed by atoms with Crippen molar-refractivity contribution in [3.8, 4) is 0 Å². The monoisotopic (exact) mass is 248 g/mol. The van der Waals surface area contributed by atoms with Gasteiger partial charge in [-0.15, -0.1) is 0 Å². The number of nitrogens with zero attached hydrogens (tertiary/aromatic N) is 4. The highest BCUT2D eigenvalue weighted by atomic mass is 16.3. The number of hydrogen-bond donors (Lipinski definition) is 1. The van der Waals surface area contributed by atoms with E-state index in [1.807, 2.05) is 11.5 Å². The predicted molar refractivity (Wildman–Crippen MR) is 70.4 cm³/mol. The van der Waals surface area contributed by atoms with Crippen LogP contribution < -0.4 is 0 Å². The average Bonchev–Trinajstić information content (AvgIpc) is 2.73. The Hall–Kier alpha value is -1.49. The third-order valence-corrected chi connectivity index (χ3v) is 3.14. The van der Waals surface area contributed by atoms with E-state index in [0.29, 0.717) is 0 Å². The van der Waals surface area contributed by atoms with E-state index < -0.39 is 0 Å². The summed E-state index contributed by atoms with van der Waals surface area (Å²) in [5, 5.41) is 9.39. The van der Waals surface area contributed by atoms with Crippen molar-refractivity contribution < 1.29 is 5.11 Å². The lowest BCUT2D eigenvalue weighted by atomic mass is 9.91. The van der Waals surface area contributed by atoms with Crippen LogP contribution in [-0.4, -0.2) is 31.2 Å². The Bertz CT molecular complexity index is 537. The molecule has 5 nitrogen and oxygen atoms in total. The first-order valence-corrected chi connectivity index (χ1v) is 6.28. The Morgan fingerprint density at radius 3 is 2.56 bits per heavy atom. The molecule has 2 aromatic heterocycles. The molecule has 0 spiro atoms. The minimum Gasteiger partial charge on any atom is -0.394 e. The van der Waals surface area contributed by atoms with Gasteiger partial charge in [-0.1, -0.05) is 27.7 Å². The molecule has 0 aliphatic heterocycles. The molecule has 0 bridgehead atoms. The van der Waals surface area contributed by atoms with E-state index in [0.717, 1.165) is 23.3 Å². The molecule has 98 valence electrons. The standard InChI is InChI=1S/C13H20N4O/c1-5-9(6-18)17-8-16-10-11(13(2,3)4)14-7-15-12(10)17/h7-9,18H,5-6H2,1-4H3. The van der Waals surface area contributed by atoms with Gasteiger partial charge in [0, 0.05) is 5.41 Å². The summed E-state index contributed by atoms with van der Waals surface area (Å²) in [7, 11) is 0. The van der Waals surface area contributed by atoms with Crippen LogP contribution in [0.5, 0.6) is 0 Å². The van der Waals surface area contributed by atoms with Gasteiger partial charge in [-0.05, 0) is 6.42 Å². The summed E-state index contributed by atoms with van der Waals surface area (Å²) in [6.07, 6.45) is 4.17. The quantitative estimate of drug-likeness (QED) is 0.903. The SMILES string of the molecule is CCC(CO)n1cnc2c(C(C)(C)C)ncnc21. The lowest BCUT2D eigenvalue weighted by Crippen LogP contribution is -2.16. The minimum absolute atomic E-state index is 0.0257. The molecule has 0 saturated carbocycles. The first-order valence-electron chi connectivity index (χ1n) is 6.28. The summed E-state index contributed by atoms with van der Waals surface area (Å²) < 4.78 is 1.94. The molecule has 0 saturated heterocycles. The second-order valence-corrected chi connectivity index (χ2v) is 5.54. The van der Waals surface area contributed by atoms with Crippen molar-refractivity contribution in [1.82, 2.24) is 19.5 Å². The minimum atomic E-state index is -0.0682. The van der Waals surface area contributed by atoms with Crippen molar-refractivity contribution in [2.45, 2.75) is 45.6 Å². The number of aromatic nitrogens is 4. The van der Waals surface area contributed by atoms with Gasteiger partial charge < -0.3 is 9.67 Å². The maximum absolute atomic E-state index is 9.39. The molecule has 2 heterocycles. The Labute approximate surface area is 107 Å². The highest BCUT2D eigenvalue weighted by molar-refractivity contribution is 5.74. The zero-order valence-corrected chi connectivity index (χ0v) is 11.4. The second kappa shape index (κ2) is 4.65. The van der Waals surface area contributed by atoms with E-state index in [4.69, 9.17) is 0 Å². The largest absolute Gasteiger partial charge is 0.394 e. The summed E-state index contributed by atoms with van der Waals surface area (Å²) in [4.78, 5) is 13.1. The zero-order valence-electron chi connectivity index (χ0n) is 11.4. The van der Waals surface area contributed by atoms with E-state index in [9.17, 15) is 5.11 Å². The van der Waals surface area contributed by atoms with Crippen molar-refractivity contribution in [1.29, 1.82) is 0 Å². The summed E-state index contributed by atoms with van der Waals surface area (Å²) in [6, 6.07) is 0.0257. The molecule has 0 fully saturated rings. The van der Waals surface area contributed by atoms with Gasteiger partial charge in [0.25, 0.3) is 0 Å². The fourth-order valence-corrected chi connectivity index (χ4v) is 2.08. The molecule has 0 amide bonds. The summed E-state index contributed by atoms with van der Waals surface area (Å²) in [6.45, 7) is 8.46. The summed E-state index contributed by atoms with van der Waals surface area (Å²) in [5.74, 6) is 0. The molecular formula is C13H20N4O. The van der Waals surface area contributed by atoms with Gasteiger partial charge in [0.05, 0.1) is 24.7 Å². The van der Waals surface area contributed by atoms with Crippen molar-refractivity contribution in [2.75, 3.05) is 6.61 Å². The van der Waals surface area contributed by atoms with Crippen molar-refractivity contribution in [3.05, 3.63) is 18.3 Å². The maximum Gasteiger partial charge on any atom is 0.163 e. The van der Waals surface area contributed by atoms with Gasteiger partial charge in [0.15, 0.2) is 5.65 Å². The van der Waals surface area contributed by atoms with Crippen molar-refractivity contribution in [2.24, 2.45) is 0 Å². The number of imidazole rings is 1. The average molecular weight is 248 g/mol. The molecule has 5 heteroatoms. The summed E-state index contributed by atoms with van der Waals surface area (Å²) >= 11 is 0. The molecule has 1 unspecified atom stereocenters. The van der Waals surface area contributed by atoms with E-state index in [2.05, 4.69) is 35.7 Å².